The van der Waals surface area contributed by atoms with Crippen molar-refractivity contribution in [3.63, 3.8) is 0 Å². The van der Waals surface area contributed by atoms with Crippen molar-refractivity contribution in [2.24, 2.45) is 0 Å². The highest BCUT2D eigenvalue weighted by atomic mass is 14.6. The van der Waals surface area contributed by atoms with Gasteiger partial charge in [0.05, 0.1) is 6.57 Å². The minimum atomic E-state index is 0.961. The molecule has 0 aliphatic rings. The maximum absolute atomic E-state index is 6.24. The predicted octanol–water partition coefficient (Wildman–Crippen LogP) is 1.83. The Labute approximate surface area is 38.1 Å². The van der Waals surface area contributed by atoms with Crippen LogP contribution in [0.1, 0.15) is 13.3 Å². The molecule has 0 aromatic heterocycles. The first-order chi connectivity index (χ1) is 2.91. The van der Waals surface area contributed by atoms with E-state index in [1.807, 2.05) is 13.0 Å². The third-order valence-corrected chi connectivity index (χ3v) is 0.416. The van der Waals surface area contributed by atoms with Gasteiger partial charge in [0.15, 0.2) is 0 Å². The molecule has 0 aliphatic heterocycles. The third-order valence-electron chi connectivity index (χ3n) is 0.416. The molecule has 0 radical (unpaired) electrons. The molecule has 0 aromatic carbocycles. The van der Waals surface area contributed by atoms with Gasteiger partial charge in [0, 0.05) is 0 Å². The van der Waals surface area contributed by atoms with Gasteiger partial charge in [-0.15, -0.1) is 0 Å². The fourth-order valence-electron chi connectivity index (χ4n) is 0.158. The van der Waals surface area contributed by atoms with Crippen LogP contribution in [0.2, 0.25) is 0 Å². The molecular weight excluding hydrogens is 74.1 g/mol. The third kappa shape index (κ3) is 3.23. The molecule has 32 valence electrons. The molecular formula is C5H7N. The van der Waals surface area contributed by atoms with Crippen LogP contribution >= 0.6 is 0 Å². The van der Waals surface area contributed by atoms with Crippen LogP contribution in [0.4, 0.5) is 0 Å². The summed E-state index contributed by atoms with van der Waals surface area (Å²) >= 11 is 0. The standard InChI is InChI=1S/C5H7N/c1-3-4-5-6-2/h4-5H,3H2,1H3. The van der Waals surface area contributed by atoms with Crippen LogP contribution in [-0.4, -0.2) is 0 Å². The highest BCUT2D eigenvalue weighted by molar-refractivity contribution is 4.87. The minimum Gasteiger partial charge on any atom is -0.246 e. The second-order valence-electron chi connectivity index (χ2n) is 0.922. The molecule has 0 heterocycles. The second-order valence-corrected chi connectivity index (χ2v) is 0.922. The molecule has 0 saturated carbocycles. The van der Waals surface area contributed by atoms with E-state index in [9.17, 15) is 0 Å². The van der Waals surface area contributed by atoms with Gasteiger partial charge in [0.2, 0.25) is 0 Å². The second kappa shape index (κ2) is 4.23. The highest BCUT2D eigenvalue weighted by Crippen LogP contribution is 1.76. The molecule has 0 spiro atoms. The van der Waals surface area contributed by atoms with Gasteiger partial charge in [-0.3, -0.25) is 0 Å². The molecule has 0 saturated heterocycles. The Kier molecular flexibility index (Phi) is 3.69. The molecule has 1 heteroatoms. The Morgan fingerprint density at radius 3 is 2.67 bits per heavy atom. The zero-order valence-corrected chi connectivity index (χ0v) is 3.81. The molecule has 1 nitrogen and oxygen atoms in total. The summed E-state index contributed by atoms with van der Waals surface area (Å²) in [6.45, 7) is 8.25. The molecule has 0 aromatic rings. The number of rotatable bonds is 1. The van der Waals surface area contributed by atoms with Crippen molar-refractivity contribution in [2.45, 2.75) is 13.3 Å². The van der Waals surface area contributed by atoms with Gasteiger partial charge in [-0.05, 0) is 6.42 Å². The normalized spacial score (nSPS) is 8.67. The smallest absolute Gasteiger partial charge is 0.150 e. The quantitative estimate of drug-likeness (QED) is 0.424. The fraction of sp³-hybridized carbons (Fsp3) is 0.400. The molecule has 0 fully saturated rings. The SMILES string of the molecule is [C-]#[N+]C=CCC. The molecule has 0 unspecified atom stereocenters. The number of nitrogens with zero attached hydrogens (tertiary/aromatic N) is 1. The van der Waals surface area contributed by atoms with Crippen LogP contribution in [0.15, 0.2) is 12.3 Å². The van der Waals surface area contributed by atoms with Gasteiger partial charge >= 0.3 is 0 Å². The van der Waals surface area contributed by atoms with Crippen molar-refractivity contribution >= 4 is 0 Å². The van der Waals surface area contributed by atoms with E-state index in [1.165, 1.54) is 6.20 Å². The van der Waals surface area contributed by atoms with Crippen molar-refractivity contribution in [3.8, 4) is 0 Å². The van der Waals surface area contributed by atoms with Crippen LogP contribution < -0.4 is 0 Å². The molecule has 0 amide bonds. The monoisotopic (exact) mass is 81.1 g/mol. The summed E-state index contributed by atoms with van der Waals surface area (Å²) in [4.78, 5) is 2.99. The predicted molar refractivity (Wildman–Crippen MR) is 26.0 cm³/mol. The van der Waals surface area contributed by atoms with Gasteiger partial charge in [-0.2, -0.15) is 0 Å². The largest absolute Gasteiger partial charge is 0.246 e. The average molecular weight is 81.1 g/mol. The highest BCUT2D eigenvalue weighted by Gasteiger charge is 1.56. The van der Waals surface area contributed by atoms with E-state index in [1.54, 1.807) is 0 Å². The topological polar surface area (TPSA) is 4.36 Å². The number of hydrogen-bond acceptors (Lipinski definition) is 0. The lowest BCUT2D eigenvalue weighted by molar-refractivity contribution is 1.22. The van der Waals surface area contributed by atoms with Crippen LogP contribution in [-0.2, 0) is 0 Å². The maximum atomic E-state index is 6.24. The van der Waals surface area contributed by atoms with Gasteiger partial charge in [0.1, 0.15) is 6.20 Å². The van der Waals surface area contributed by atoms with Crippen molar-refractivity contribution in [1.82, 2.24) is 0 Å². The van der Waals surface area contributed by atoms with E-state index in [-0.39, 0.29) is 0 Å². The molecule has 6 heavy (non-hydrogen) atoms. The van der Waals surface area contributed by atoms with E-state index >= 15 is 0 Å². The van der Waals surface area contributed by atoms with Gasteiger partial charge in [-0.1, -0.05) is 13.0 Å². The number of allylic oxidation sites excluding steroid dienone is 1. The van der Waals surface area contributed by atoms with E-state index in [0.717, 1.165) is 6.42 Å². The van der Waals surface area contributed by atoms with Crippen LogP contribution in [0.3, 0.4) is 0 Å². The molecule has 0 atom stereocenters. The lowest BCUT2D eigenvalue weighted by Crippen LogP contribution is -1.44. The summed E-state index contributed by atoms with van der Waals surface area (Å²) in [7, 11) is 0. The summed E-state index contributed by atoms with van der Waals surface area (Å²) in [6, 6.07) is 0. The van der Waals surface area contributed by atoms with Gasteiger partial charge < -0.3 is 0 Å². The van der Waals surface area contributed by atoms with E-state index in [4.69, 9.17) is 6.57 Å². The zero-order chi connectivity index (χ0) is 4.83. The lowest BCUT2D eigenvalue weighted by atomic mass is 10.5. The van der Waals surface area contributed by atoms with Crippen molar-refractivity contribution in [1.29, 1.82) is 0 Å². The maximum Gasteiger partial charge on any atom is 0.150 e. The average Bonchev–Trinajstić information content (AvgIpc) is 1.61. The molecule has 0 N–H and O–H groups in total. The summed E-state index contributed by atoms with van der Waals surface area (Å²) in [5.41, 5.74) is 0. The molecule has 0 bridgehead atoms. The summed E-state index contributed by atoms with van der Waals surface area (Å²) in [6.07, 6.45) is 4.26. The van der Waals surface area contributed by atoms with E-state index in [0.29, 0.717) is 0 Å². The molecule has 0 aliphatic carbocycles. The van der Waals surface area contributed by atoms with E-state index < -0.39 is 0 Å². The first-order valence-corrected chi connectivity index (χ1v) is 1.93. The Hall–Kier alpha value is -0.770. The first kappa shape index (κ1) is 5.23. The lowest BCUT2D eigenvalue weighted by Gasteiger charge is -1.64. The zero-order valence-electron chi connectivity index (χ0n) is 3.81. The number of hydrogen-bond donors (Lipinski definition) is 0. The molecule has 0 rings (SSSR count). The van der Waals surface area contributed by atoms with E-state index in [2.05, 4.69) is 4.85 Å². The first-order valence-electron chi connectivity index (χ1n) is 1.93. The summed E-state index contributed by atoms with van der Waals surface area (Å²) < 4.78 is 0. The van der Waals surface area contributed by atoms with Crippen LogP contribution in [0.25, 0.3) is 4.85 Å². The Balaban J connectivity index is 3.02. The Morgan fingerprint density at radius 2 is 2.50 bits per heavy atom. The van der Waals surface area contributed by atoms with Crippen LogP contribution in [0, 0.1) is 6.57 Å². The Bertz CT molecular complexity index is 76.4. The summed E-state index contributed by atoms with van der Waals surface area (Å²) in [5.74, 6) is 0. The summed E-state index contributed by atoms with van der Waals surface area (Å²) in [5, 5.41) is 0. The Morgan fingerprint density at radius 1 is 1.83 bits per heavy atom. The van der Waals surface area contributed by atoms with Crippen LogP contribution in [0.5, 0.6) is 0 Å². The van der Waals surface area contributed by atoms with Gasteiger partial charge in [0.25, 0.3) is 0 Å². The van der Waals surface area contributed by atoms with Crippen molar-refractivity contribution in [2.75, 3.05) is 0 Å². The minimum absolute atomic E-state index is 0.961. The fourth-order valence-corrected chi connectivity index (χ4v) is 0.158. The van der Waals surface area contributed by atoms with Crippen molar-refractivity contribution in [3.05, 3.63) is 23.7 Å². The van der Waals surface area contributed by atoms with Gasteiger partial charge in [-0.25, -0.2) is 4.85 Å². The van der Waals surface area contributed by atoms with Crippen molar-refractivity contribution < 1.29 is 0 Å².